The Morgan fingerprint density at radius 2 is 2.00 bits per heavy atom. The number of hydrogen-bond donors (Lipinski definition) is 1. The number of halogens is 2. The maximum Gasteiger partial charge on any atom is 0.277 e. The van der Waals surface area contributed by atoms with Crippen LogP contribution < -0.4 is 5.32 Å². The van der Waals surface area contributed by atoms with Crippen LogP contribution in [0.4, 0.5) is 14.5 Å². The molecule has 0 aliphatic carbocycles. The fourth-order valence-electron chi connectivity index (χ4n) is 1.90. The first-order valence-corrected chi connectivity index (χ1v) is 7.78. The quantitative estimate of drug-likeness (QED) is 0.707. The third-order valence-corrected chi connectivity index (χ3v) is 3.87. The number of rotatable bonds is 5. The molecule has 3 rings (SSSR count). The fourth-order valence-corrected chi connectivity index (χ4v) is 2.47. The molecule has 1 aromatic carbocycles. The molecule has 0 spiro atoms. The van der Waals surface area contributed by atoms with Crippen LogP contribution in [0.2, 0.25) is 0 Å². The molecule has 2 heterocycles. The van der Waals surface area contributed by atoms with Crippen molar-refractivity contribution >= 4 is 23.4 Å². The zero-order valence-electron chi connectivity index (χ0n) is 12.4. The summed E-state index contributed by atoms with van der Waals surface area (Å²) in [6.07, 6.45) is 1.50. The highest BCUT2D eigenvalue weighted by Crippen LogP contribution is 2.26. The number of anilines is 1. The Balaban J connectivity index is 1.61. The van der Waals surface area contributed by atoms with Gasteiger partial charge in [-0.1, -0.05) is 17.8 Å². The van der Waals surface area contributed by atoms with E-state index in [-0.39, 0.29) is 16.9 Å². The summed E-state index contributed by atoms with van der Waals surface area (Å²) >= 11 is 0.956. The highest BCUT2D eigenvalue weighted by atomic mass is 32.2. The van der Waals surface area contributed by atoms with E-state index in [4.69, 9.17) is 8.83 Å². The first-order valence-electron chi connectivity index (χ1n) is 6.79. The van der Waals surface area contributed by atoms with Crippen LogP contribution in [0.25, 0.3) is 11.5 Å². The van der Waals surface area contributed by atoms with E-state index in [0.717, 1.165) is 23.9 Å². The van der Waals surface area contributed by atoms with Crippen molar-refractivity contribution in [1.82, 2.24) is 10.2 Å². The van der Waals surface area contributed by atoms with Crippen molar-refractivity contribution in [2.45, 2.75) is 12.1 Å². The van der Waals surface area contributed by atoms with Gasteiger partial charge in [-0.2, -0.15) is 0 Å². The summed E-state index contributed by atoms with van der Waals surface area (Å²) in [5.74, 6) is -1.53. The molecule has 0 aliphatic rings. The normalized spacial score (nSPS) is 10.8. The molecule has 124 valence electrons. The van der Waals surface area contributed by atoms with E-state index in [0.29, 0.717) is 11.3 Å². The Labute approximate surface area is 139 Å². The molecule has 0 saturated carbocycles. The Kier molecular flexibility index (Phi) is 4.61. The summed E-state index contributed by atoms with van der Waals surface area (Å²) in [7, 11) is 0. The second-order valence-electron chi connectivity index (χ2n) is 4.70. The predicted octanol–water partition coefficient (Wildman–Crippen LogP) is 3.65. The first kappa shape index (κ1) is 16.2. The molecule has 0 radical (unpaired) electrons. The van der Waals surface area contributed by atoms with E-state index in [2.05, 4.69) is 15.5 Å². The lowest BCUT2D eigenvalue weighted by molar-refractivity contribution is -0.113. The van der Waals surface area contributed by atoms with Crippen LogP contribution in [0.15, 0.2) is 44.6 Å². The number of carbonyl (C=O) groups excluding carboxylic acids is 1. The Bertz CT molecular complexity index is 858. The first-order chi connectivity index (χ1) is 11.5. The number of furan rings is 1. The number of thioether (sulfide) groups is 1. The lowest BCUT2D eigenvalue weighted by atomic mass is 10.3. The maximum absolute atomic E-state index is 13.5. The van der Waals surface area contributed by atoms with E-state index >= 15 is 0 Å². The Morgan fingerprint density at radius 1 is 1.25 bits per heavy atom. The topological polar surface area (TPSA) is 81.2 Å². The van der Waals surface area contributed by atoms with Crippen molar-refractivity contribution in [2.75, 3.05) is 11.1 Å². The van der Waals surface area contributed by atoms with Crippen LogP contribution >= 0.6 is 11.8 Å². The molecule has 6 nitrogen and oxygen atoms in total. The van der Waals surface area contributed by atoms with Crippen molar-refractivity contribution in [3.63, 3.8) is 0 Å². The van der Waals surface area contributed by atoms with Crippen molar-refractivity contribution in [3.8, 4) is 11.5 Å². The van der Waals surface area contributed by atoms with Gasteiger partial charge in [0.05, 0.1) is 17.6 Å². The minimum absolute atomic E-state index is 0.139. The molecule has 2 aromatic heterocycles. The number of amides is 1. The van der Waals surface area contributed by atoms with Gasteiger partial charge in [0.15, 0.2) is 0 Å². The van der Waals surface area contributed by atoms with Crippen LogP contribution in [-0.4, -0.2) is 21.9 Å². The molecule has 24 heavy (non-hydrogen) atoms. The standard InChI is InChI=1S/C15H11F2N3O3S/c1-8-9(5-6-22-8)14-19-20-15(23-14)24-7-12(21)18-13-10(16)3-2-4-11(13)17/h2-6H,7H2,1H3,(H,18,21). The van der Waals surface area contributed by atoms with Gasteiger partial charge < -0.3 is 14.2 Å². The van der Waals surface area contributed by atoms with Crippen LogP contribution in [0.3, 0.4) is 0 Å². The number of aromatic nitrogens is 2. The van der Waals surface area contributed by atoms with Crippen LogP contribution in [0.5, 0.6) is 0 Å². The van der Waals surface area contributed by atoms with Gasteiger partial charge >= 0.3 is 0 Å². The third-order valence-electron chi connectivity index (χ3n) is 3.05. The summed E-state index contributed by atoms with van der Waals surface area (Å²) in [5.41, 5.74) is 0.176. The molecule has 1 N–H and O–H groups in total. The molecule has 0 atom stereocenters. The fraction of sp³-hybridized carbons (Fsp3) is 0.133. The summed E-state index contributed by atoms with van der Waals surface area (Å²) in [6, 6.07) is 5.02. The second kappa shape index (κ2) is 6.83. The van der Waals surface area contributed by atoms with E-state index in [1.165, 1.54) is 12.3 Å². The van der Waals surface area contributed by atoms with Crippen molar-refractivity contribution in [2.24, 2.45) is 0 Å². The van der Waals surface area contributed by atoms with Gasteiger partial charge in [0.25, 0.3) is 11.1 Å². The molecule has 0 unspecified atom stereocenters. The average molecular weight is 351 g/mol. The second-order valence-corrected chi connectivity index (χ2v) is 5.62. The summed E-state index contributed by atoms with van der Waals surface area (Å²) < 4.78 is 37.5. The van der Waals surface area contributed by atoms with Gasteiger partial charge in [0.1, 0.15) is 23.1 Å². The Morgan fingerprint density at radius 3 is 2.67 bits per heavy atom. The molecule has 0 fully saturated rings. The molecule has 0 bridgehead atoms. The van der Waals surface area contributed by atoms with Gasteiger partial charge in [-0.15, -0.1) is 10.2 Å². The van der Waals surface area contributed by atoms with Crippen molar-refractivity contribution in [3.05, 3.63) is 47.9 Å². The van der Waals surface area contributed by atoms with E-state index in [9.17, 15) is 13.6 Å². The summed E-state index contributed by atoms with van der Waals surface area (Å²) in [5, 5.41) is 10.0. The van der Waals surface area contributed by atoms with E-state index in [1.54, 1.807) is 13.0 Å². The minimum Gasteiger partial charge on any atom is -0.469 e. The predicted molar refractivity (Wildman–Crippen MR) is 82.4 cm³/mol. The molecule has 0 saturated heterocycles. The number of hydrogen-bond acceptors (Lipinski definition) is 6. The third kappa shape index (κ3) is 3.46. The van der Waals surface area contributed by atoms with Crippen LogP contribution in [0, 0.1) is 18.6 Å². The summed E-state index contributed by atoms with van der Waals surface area (Å²) in [6.45, 7) is 1.75. The van der Waals surface area contributed by atoms with Gasteiger partial charge in [-0.3, -0.25) is 4.79 Å². The van der Waals surface area contributed by atoms with Gasteiger partial charge in [0, 0.05) is 0 Å². The zero-order valence-corrected chi connectivity index (χ0v) is 13.2. The molecule has 9 heteroatoms. The average Bonchev–Trinajstić information content (AvgIpc) is 3.17. The maximum atomic E-state index is 13.5. The molecular formula is C15H11F2N3O3S. The van der Waals surface area contributed by atoms with E-state index in [1.807, 2.05) is 0 Å². The number of para-hydroxylation sites is 1. The summed E-state index contributed by atoms with van der Waals surface area (Å²) in [4.78, 5) is 11.8. The van der Waals surface area contributed by atoms with E-state index < -0.39 is 23.2 Å². The zero-order chi connectivity index (χ0) is 17.1. The Hall–Kier alpha value is -2.68. The highest BCUT2D eigenvalue weighted by molar-refractivity contribution is 7.99. The molecule has 3 aromatic rings. The van der Waals surface area contributed by atoms with Gasteiger partial charge in [0.2, 0.25) is 5.91 Å². The highest BCUT2D eigenvalue weighted by Gasteiger charge is 2.16. The minimum atomic E-state index is -0.844. The molecule has 1 amide bonds. The van der Waals surface area contributed by atoms with Crippen LogP contribution in [0.1, 0.15) is 5.76 Å². The van der Waals surface area contributed by atoms with Crippen molar-refractivity contribution in [1.29, 1.82) is 0 Å². The van der Waals surface area contributed by atoms with Gasteiger partial charge in [-0.05, 0) is 25.1 Å². The van der Waals surface area contributed by atoms with Crippen LogP contribution in [-0.2, 0) is 4.79 Å². The van der Waals surface area contributed by atoms with Crippen molar-refractivity contribution < 1.29 is 22.4 Å². The lowest BCUT2D eigenvalue weighted by Gasteiger charge is -2.06. The number of nitrogens with zero attached hydrogens (tertiary/aromatic N) is 2. The number of aryl methyl sites for hydroxylation is 1. The monoisotopic (exact) mass is 351 g/mol. The molecular weight excluding hydrogens is 340 g/mol. The lowest BCUT2D eigenvalue weighted by Crippen LogP contribution is -2.16. The SMILES string of the molecule is Cc1occc1-c1nnc(SCC(=O)Nc2c(F)cccc2F)o1. The smallest absolute Gasteiger partial charge is 0.277 e. The largest absolute Gasteiger partial charge is 0.469 e. The van der Waals surface area contributed by atoms with Gasteiger partial charge in [-0.25, -0.2) is 8.78 Å². The number of nitrogens with one attached hydrogen (secondary N) is 1. The number of carbonyl (C=O) groups is 1. The molecule has 0 aliphatic heterocycles. The number of benzene rings is 1.